The lowest BCUT2D eigenvalue weighted by molar-refractivity contribution is -0.197. The zero-order chi connectivity index (χ0) is 23.0. The van der Waals surface area contributed by atoms with Crippen LogP contribution in [0.2, 0.25) is 0 Å². The van der Waals surface area contributed by atoms with Crippen LogP contribution in [0.15, 0.2) is 12.3 Å². The van der Waals surface area contributed by atoms with Crippen molar-refractivity contribution < 1.29 is 33.6 Å². The maximum absolute atomic E-state index is 11.9. The highest BCUT2D eigenvalue weighted by Gasteiger charge is 2.32. The summed E-state index contributed by atoms with van der Waals surface area (Å²) < 4.78 is 0. The summed E-state index contributed by atoms with van der Waals surface area (Å²) in [6.45, 7) is 6.51. The Morgan fingerprint density at radius 3 is 2.00 bits per heavy atom. The largest absolute Gasteiger partial charge is 0.334 e. The number of hydrogen-bond acceptors (Lipinski definition) is 8. The van der Waals surface area contributed by atoms with Gasteiger partial charge in [0.05, 0.1) is 5.70 Å². The predicted octanol–water partition coefficient (Wildman–Crippen LogP) is 1.85. The van der Waals surface area contributed by atoms with Gasteiger partial charge in [0.25, 0.3) is 17.7 Å². The zero-order valence-electron chi connectivity index (χ0n) is 18.3. The number of carbonyl (C=O) groups is 5. The highest BCUT2D eigenvalue weighted by atomic mass is 16.7. The fourth-order valence-corrected chi connectivity index (χ4v) is 3.31. The molecule has 2 rings (SSSR count). The van der Waals surface area contributed by atoms with Crippen molar-refractivity contribution in [2.24, 2.45) is 0 Å². The molecule has 0 aromatic rings. The number of unbranched alkanes of at least 4 members (excludes halogenated alkanes) is 1. The van der Waals surface area contributed by atoms with E-state index < -0.39 is 23.8 Å². The molecule has 10 nitrogen and oxygen atoms in total. The van der Waals surface area contributed by atoms with Crippen molar-refractivity contribution in [2.75, 3.05) is 13.6 Å². The summed E-state index contributed by atoms with van der Waals surface area (Å²) in [6.07, 6.45) is 4.08. The van der Waals surface area contributed by atoms with Gasteiger partial charge in [-0.05, 0) is 52.6 Å². The van der Waals surface area contributed by atoms with Gasteiger partial charge < -0.3 is 14.6 Å². The average Bonchev–Trinajstić information content (AvgIpc) is 3.21. The number of rotatable bonds is 12. The lowest BCUT2D eigenvalue weighted by atomic mass is 10.2. The van der Waals surface area contributed by atoms with Crippen molar-refractivity contribution in [3.63, 3.8) is 0 Å². The summed E-state index contributed by atoms with van der Waals surface area (Å²) in [5.74, 6) is -2.23. The molecule has 31 heavy (non-hydrogen) atoms. The first-order chi connectivity index (χ1) is 14.7. The molecule has 0 saturated carbocycles. The molecule has 0 N–H and O–H groups in total. The van der Waals surface area contributed by atoms with Crippen molar-refractivity contribution in [3.05, 3.63) is 12.3 Å². The van der Waals surface area contributed by atoms with Crippen LogP contribution in [0, 0.1) is 0 Å². The molecular weight excluding hydrogens is 408 g/mol. The van der Waals surface area contributed by atoms with Crippen LogP contribution in [-0.4, -0.2) is 64.3 Å². The van der Waals surface area contributed by atoms with Gasteiger partial charge in [-0.25, -0.2) is 9.59 Å². The Hall–Kier alpha value is -2.75. The standard InChI is InChI=1S/C21H31N3O7/c1-15(7-6-9-21(29)31-24-18(26)12-13-19(24)27)22(3)14-5-4-8-20(28)30-23-16(2)10-11-17(23)25/h15H,2,4-14H2,1,3H3/i6+1,15+1. The molecule has 2 aliphatic heterocycles. The molecule has 3 amide bonds. The van der Waals surface area contributed by atoms with Gasteiger partial charge in [-0.15, -0.1) is 10.1 Å². The molecule has 1 unspecified atom stereocenters. The van der Waals surface area contributed by atoms with Crippen LogP contribution in [0.25, 0.3) is 0 Å². The van der Waals surface area contributed by atoms with Crippen molar-refractivity contribution in [1.29, 1.82) is 0 Å². The van der Waals surface area contributed by atoms with Gasteiger partial charge in [-0.1, -0.05) is 6.58 Å². The number of imide groups is 1. The molecule has 0 aromatic carbocycles. The van der Waals surface area contributed by atoms with E-state index in [9.17, 15) is 24.0 Å². The van der Waals surface area contributed by atoms with E-state index in [2.05, 4.69) is 11.5 Å². The summed E-state index contributed by atoms with van der Waals surface area (Å²) >= 11 is 0. The molecule has 0 bridgehead atoms. The summed E-state index contributed by atoms with van der Waals surface area (Å²) in [5.41, 5.74) is 0.509. The van der Waals surface area contributed by atoms with Crippen LogP contribution in [-0.2, 0) is 33.6 Å². The Bertz CT molecular complexity index is 704. The fourth-order valence-electron chi connectivity index (χ4n) is 3.31. The predicted molar refractivity (Wildman–Crippen MR) is 108 cm³/mol. The maximum atomic E-state index is 11.9. The maximum Gasteiger partial charge on any atom is 0.333 e. The Kier molecular flexibility index (Phi) is 9.17. The number of carbonyl (C=O) groups excluding carboxylic acids is 5. The molecule has 2 aliphatic rings. The fraction of sp³-hybridized carbons (Fsp3) is 0.667. The molecule has 10 heteroatoms. The van der Waals surface area contributed by atoms with Gasteiger partial charge in [0, 0.05) is 38.1 Å². The number of hydrogen-bond donors (Lipinski definition) is 0. The van der Waals surface area contributed by atoms with Gasteiger partial charge in [0.15, 0.2) is 0 Å². The molecule has 0 radical (unpaired) electrons. The van der Waals surface area contributed by atoms with Gasteiger partial charge in [0.2, 0.25) is 0 Å². The van der Waals surface area contributed by atoms with E-state index in [1.807, 2.05) is 14.0 Å². The minimum Gasteiger partial charge on any atom is -0.334 e. The molecule has 1 atom stereocenters. The highest BCUT2D eigenvalue weighted by molar-refractivity contribution is 6.01. The first-order valence-electron chi connectivity index (χ1n) is 10.7. The molecule has 2 fully saturated rings. The Labute approximate surface area is 182 Å². The van der Waals surface area contributed by atoms with E-state index in [0.717, 1.165) is 24.4 Å². The smallest absolute Gasteiger partial charge is 0.333 e. The van der Waals surface area contributed by atoms with E-state index in [0.29, 0.717) is 36.4 Å². The second-order valence-electron chi connectivity index (χ2n) is 7.94. The molecule has 2 saturated heterocycles. The molecule has 0 aliphatic carbocycles. The van der Waals surface area contributed by atoms with Gasteiger partial charge in [0.1, 0.15) is 0 Å². The first-order valence-corrected chi connectivity index (χ1v) is 10.7. The Morgan fingerprint density at radius 1 is 0.903 bits per heavy atom. The SMILES string of the molecule is C=C1CCC(=O)N1OC(=O)CCCCN(C)[13CH](C)C[13CH2]CC(=O)ON1C(=O)CCC1=O. The number of allylic oxidation sites excluding steroid dienone is 1. The van der Waals surface area contributed by atoms with E-state index in [1.165, 1.54) is 0 Å². The lowest BCUT2D eigenvalue weighted by Crippen LogP contribution is -2.32. The average molecular weight is 439 g/mol. The van der Waals surface area contributed by atoms with Crippen LogP contribution in [0.3, 0.4) is 0 Å². The van der Waals surface area contributed by atoms with Crippen molar-refractivity contribution in [3.8, 4) is 0 Å². The zero-order valence-corrected chi connectivity index (χ0v) is 18.3. The molecule has 0 spiro atoms. The van der Waals surface area contributed by atoms with E-state index >= 15 is 0 Å². The highest BCUT2D eigenvalue weighted by Crippen LogP contribution is 2.21. The third-order valence-corrected chi connectivity index (χ3v) is 5.43. The van der Waals surface area contributed by atoms with Crippen LogP contribution < -0.4 is 0 Å². The summed E-state index contributed by atoms with van der Waals surface area (Å²) in [4.78, 5) is 70.2. The normalized spacial score (nSPS) is 17.6. The number of hydroxylamine groups is 4. The lowest BCUT2D eigenvalue weighted by Gasteiger charge is -2.24. The molecular formula is C21H31N3O7. The second kappa shape index (κ2) is 11.6. The van der Waals surface area contributed by atoms with Crippen molar-refractivity contribution >= 4 is 29.7 Å². The topological polar surface area (TPSA) is 114 Å². The van der Waals surface area contributed by atoms with Gasteiger partial charge in [-0.2, -0.15) is 0 Å². The second-order valence-corrected chi connectivity index (χ2v) is 7.94. The van der Waals surface area contributed by atoms with E-state index in [-0.39, 0.29) is 37.6 Å². The van der Waals surface area contributed by atoms with Crippen LogP contribution in [0.4, 0.5) is 0 Å². The Morgan fingerprint density at radius 2 is 1.42 bits per heavy atom. The monoisotopic (exact) mass is 439 g/mol. The molecule has 172 valence electrons. The third-order valence-electron chi connectivity index (χ3n) is 5.43. The van der Waals surface area contributed by atoms with E-state index in [1.54, 1.807) is 0 Å². The summed E-state index contributed by atoms with van der Waals surface area (Å²) in [6, 6.07) is 0.209. The first kappa shape index (κ1) is 24.5. The number of amides is 3. The van der Waals surface area contributed by atoms with Crippen LogP contribution in [0.1, 0.15) is 71.1 Å². The molecule has 0 aromatic heterocycles. The summed E-state index contributed by atoms with van der Waals surface area (Å²) in [7, 11) is 1.97. The number of nitrogens with zero attached hydrogens (tertiary/aromatic N) is 3. The van der Waals surface area contributed by atoms with Gasteiger partial charge >= 0.3 is 11.9 Å². The van der Waals surface area contributed by atoms with Gasteiger partial charge in [-0.3, -0.25) is 14.4 Å². The third kappa shape index (κ3) is 7.46. The van der Waals surface area contributed by atoms with Crippen molar-refractivity contribution in [2.45, 2.75) is 77.2 Å². The van der Waals surface area contributed by atoms with Crippen LogP contribution in [0.5, 0.6) is 0 Å². The Balaban J connectivity index is 1.55. The minimum atomic E-state index is -0.587. The molecule has 2 heterocycles. The summed E-state index contributed by atoms with van der Waals surface area (Å²) in [5, 5.41) is 1.56. The van der Waals surface area contributed by atoms with E-state index in [4.69, 9.17) is 9.68 Å². The quantitative estimate of drug-likeness (QED) is 0.257. The minimum absolute atomic E-state index is 0.0807. The van der Waals surface area contributed by atoms with Crippen molar-refractivity contribution in [1.82, 2.24) is 15.0 Å². The van der Waals surface area contributed by atoms with Crippen LogP contribution >= 0.6 is 0 Å².